The molecule has 4 heteroatoms. The Morgan fingerprint density at radius 3 is 2.29 bits per heavy atom. The maximum atomic E-state index is 12.5. The number of amides is 1. The fourth-order valence-corrected chi connectivity index (χ4v) is 2.09. The number of benzene rings is 1. The van der Waals surface area contributed by atoms with E-state index in [0.717, 1.165) is 10.9 Å². The van der Waals surface area contributed by atoms with Crippen LogP contribution in [-0.2, 0) is 4.79 Å². The predicted octanol–water partition coefficient (Wildman–Crippen LogP) is 4.40. The van der Waals surface area contributed by atoms with Crippen LogP contribution in [-0.4, -0.2) is 18.1 Å². The minimum absolute atomic E-state index is 0.0546. The van der Waals surface area contributed by atoms with Gasteiger partial charge in [-0.25, -0.2) is 0 Å². The quantitative estimate of drug-likeness (QED) is 0.786. The van der Waals surface area contributed by atoms with Crippen LogP contribution < -0.4 is 10.1 Å². The molecule has 0 aliphatic carbocycles. The SMILES string of the molecule is CC(C)CCNC(=O)C(C)(Oc1ccc(Br)cc1)C(C)C. The van der Waals surface area contributed by atoms with E-state index in [2.05, 4.69) is 35.1 Å². The summed E-state index contributed by atoms with van der Waals surface area (Å²) in [6.45, 7) is 10.8. The van der Waals surface area contributed by atoms with Gasteiger partial charge in [-0.15, -0.1) is 0 Å². The first-order chi connectivity index (χ1) is 9.75. The molecule has 21 heavy (non-hydrogen) atoms. The maximum absolute atomic E-state index is 12.5. The first kappa shape index (κ1) is 18.0. The molecule has 0 saturated carbocycles. The highest BCUT2D eigenvalue weighted by Crippen LogP contribution is 2.26. The number of carbonyl (C=O) groups is 1. The zero-order chi connectivity index (χ0) is 16.0. The Labute approximate surface area is 136 Å². The minimum Gasteiger partial charge on any atom is -0.477 e. The van der Waals surface area contributed by atoms with Gasteiger partial charge in [0, 0.05) is 16.9 Å². The number of nitrogens with one attached hydrogen (secondary N) is 1. The van der Waals surface area contributed by atoms with Gasteiger partial charge in [-0.3, -0.25) is 4.79 Å². The Morgan fingerprint density at radius 2 is 1.81 bits per heavy atom. The largest absolute Gasteiger partial charge is 0.477 e. The molecule has 118 valence electrons. The van der Waals surface area contributed by atoms with Crippen LogP contribution in [0, 0.1) is 11.8 Å². The van der Waals surface area contributed by atoms with Gasteiger partial charge < -0.3 is 10.1 Å². The monoisotopic (exact) mass is 355 g/mol. The molecular weight excluding hydrogens is 330 g/mol. The van der Waals surface area contributed by atoms with E-state index in [1.54, 1.807) is 0 Å². The van der Waals surface area contributed by atoms with Crippen LogP contribution in [0.15, 0.2) is 28.7 Å². The summed E-state index contributed by atoms with van der Waals surface area (Å²) >= 11 is 3.40. The molecule has 1 rings (SSSR count). The van der Waals surface area contributed by atoms with Crippen LogP contribution in [0.3, 0.4) is 0 Å². The fraction of sp³-hybridized carbons (Fsp3) is 0.588. The number of halogens is 1. The third-order valence-corrected chi connectivity index (χ3v) is 4.23. The molecule has 1 aromatic rings. The van der Waals surface area contributed by atoms with Gasteiger partial charge in [0.15, 0.2) is 5.60 Å². The van der Waals surface area contributed by atoms with Gasteiger partial charge in [0.25, 0.3) is 5.91 Å². The van der Waals surface area contributed by atoms with Crippen LogP contribution in [0.5, 0.6) is 5.75 Å². The van der Waals surface area contributed by atoms with Crippen molar-refractivity contribution in [2.75, 3.05) is 6.54 Å². The number of rotatable bonds is 7. The number of hydrogen-bond donors (Lipinski definition) is 1. The Bertz CT molecular complexity index is 456. The molecule has 0 radical (unpaired) electrons. The van der Waals surface area contributed by atoms with Crippen molar-refractivity contribution < 1.29 is 9.53 Å². The number of carbonyl (C=O) groups excluding carboxylic acids is 1. The highest BCUT2D eigenvalue weighted by Gasteiger charge is 2.39. The second-order valence-corrected chi connectivity index (χ2v) is 7.17. The molecule has 0 spiro atoms. The van der Waals surface area contributed by atoms with Crippen LogP contribution >= 0.6 is 15.9 Å². The van der Waals surface area contributed by atoms with Gasteiger partial charge in [0.2, 0.25) is 0 Å². The molecule has 0 bridgehead atoms. The van der Waals surface area contributed by atoms with Gasteiger partial charge in [-0.05, 0) is 43.5 Å². The zero-order valence-electron chi connectivity index (χ0n) is 13.6. The van der Waals surface area contributed by atoms with Crippen molar-refractivity contribution in [3.8, 4) is 5.75 Å². The van der Waals surface area contributed by atoms with E-state index in [1.165, 1.54) is 0 Å². The molecule has 0 saturated heterocycles. The third-order valence-electron chi connectivity index (χ3n) is 3.70. The average Bonchev–Trinajstić information content (AvgIpc) is 2.40. The van der Waals surface area contributed by atoms with Crippen molar-refractivity contribution >= 4 is 21.8 Å². The van der Waals surface area contributed by atoms with Crippen LogP contribution in [0.25, 0.3) is 0 Å². The highest BCUT2D eigenvalue weighted by atomic mass is 79.9. The molecule has 1 amide bonds. The van der Waals surface area contributed by atoms with Crippen molar-refractivity contribution in [2.24, 2.45) is 11.8 Å². The van der Waals surface area contributed by atoms with E-state index in [9.17, 15) is 4.79 Å². The molecule has 0 aromatic heterocycles. The van der Waals surface area contributed by atoms with Crippen molar-refractivity contribution in [3.63, 3.8) is 0 Å². The van der Waals surface area contributed by atoms with E-state index in [1.807, 2.05) is 45.0 Å². The topological polar surface area (TPSA) is 38.3 Å². The lowest BCUT2D eigenvalue weighted by Gasteiger charge is -2.33. The van der Waals surface area contributed by atoms with Crippen molar-refractivity contribution in [2.45, 2.75) is 46.6 Å². The second-order valence-electron chi connectivity index (χ2n) is 6.26. The standard InChI is InChI=1S/C17H26BrNO2/c1-12(2)10-11-19-16(20)17(5,13(3)4)21-15-8-6-14(18)7-9-15/h6-9,12-13H,10-11H2,1-5H3,(H,19,20). The van der Waals surface area contributed by atoms with Crippen LogP contribution in [0.1, 0.15) is 41.0 Å². The molecule has 0 fully saturated rings. The lowest BCUT2D eigenvalue weighted by molar-refractivity contribution is -0.139. The molecule has 0 aliphatic rings. The van der Waals surface area contributed by atoms with E-state index in [-0.39, 0.29) is 11.8 Å². The number of ether oxygens (including phenoxy) is 1. The summed E-state index contributed by atoms with van der Waals surface area (Å²) in [5.41, 5.74) is -0.870. The van der Waals surface area contributed by atoms with Gasteiger partial charge in [0.1, 0.15) is 5.75 Å². The summed E-state index contributed by atoms with van der Waals surface area (Å²) in [6, 6.07) is 7.55. The predicted molar refractivity (Wildman–Crippen MR) is 90.5 cm³/mol. The second kappa shape index (κ2) is 7.83. The molecule has 0 aliphatic heterocycles. The first-order valence-electron chi connectivity index (χ1n) is 7.48. The Balaban J connectivity index is 2.77. The molecule has 1 unspecified atom stereocenters. The summed E-state index contributed by atoms with van der Waals surface area (Å²) < 4.78 is 6.99. The highest BCUT2D eigenvalue weighted by molar-refractivity contribution is 9.10. The summed E-state index contributed by atoms with van der Waals surface area (Å²) in [5.74, 6) is 1.29. The summed E-state index contributed by atoms with van der Waals surface area (Å²) in [5, 5.41) is 2.99. The smallest absolute Gasteiger partial charge is 0.264 e. The van der Waals surface area contributed by atoms with Gasteiger partial charge in [0.05, 0.1) is 0 Å². The summed E-state index contributed by atoms with van der Waals surface area (Å²) in [7, 11) is 0. The number of hydrogen-bond acceptors (Lipinski definition) is 2. The van der Waals surface area contributed by atoms with Gasteiger partial charge in [-0.1, -0.05) is 43.6 Å². The maximum Gasteiger partial charge on any atom is 0.264 e. The fourth-order valence-electron chi connectivity index (χ4n) is 1.82. The van der Waals surface area contributed by atoms with E-state index < -0.39 is 5.60 Å². The molecule has 1 atom stereocenters. The summed E-state index contributed by atoms with van der Waals surface area (Å²) in [4.78, 5) is 12.5. The zero-order valence-corrected chi connectivity index (χ0v) is 15.2. The third kappa shape index (κ3) is 5.34. The van der Waals surface area contributed by atoms with E-state index in [0.29, 0.717) is 18.2 Å². The van der Waals surface area contributed by atoms with Crippen molar-refractivity contribution in [1.82, 2.24) is 5.32 Å². The molecule has 3 nitrogen and oxygen atoms in total. The summed E-state index contributed by atoms with van der Waals surface area (Å²) in [6.07, 6.45) is 0.970. The van der Waals surface area contributed by atoms with Gasteiger partial charge in [-0.2, -0.15) is 0 Å². The minimum atomic E-state index is -0.870. The first-order valence-corrected chi connectivity index (χ1v) is 8.28. The Hall–Kier alpha value is -1.03. The molecular formula is C17H26BrNO2. The van der Waals surface area contributed by atoms with E-state index in [4.69, 9.17) is 4.74 Å². The Kier molecular flexibility index (Phi) is 6.72. The normalized spacial score (nSPS) is 14.1. The lowest BCUT2D eigenvalue weighted by Crippen LogP contribution is -2.52. The van der Waals surface area contributed by atoms with Crippen LogP contribution in [0.2, 0.25) is 0 Å². The lowest BCUT2D eigenvalue weighted by atomic mass is 9.91. The van der Waals surface area contributed by atoms with E-state index >= 15 is 0 Å². The van der Waals surface area contributed by atoms with Crippen LogP contribution in [0.4, 0.5) is 0 Å². The molecule has 0 heterocycles. The van der Waals surface area contributed by atoms with Crippen molar-refractivity contribution in [1.29, 1.82) is 0 Å². The van der Waals surface area contributed by atoms with Crippen molar-refractivity contribution in [3.05, 3.63) is 28.7 Å². The average molecular weight is 356 g/mol. The van der Waals surface area contributed by atoms with Gasteiger partial charge >= 0.3 is 0 Å². The Morgan fingerprint density at radius 1 is 1.24 bits per heavy atom. The molecule has 1 aromatic carbocycles. The molecule has 1 N–H and O–H groups in total.